The van der Waals surface area contributed by atoms with Crippen LogP contribution in [0.4, 0.5) is 0 Å². The fraction of sp³-hybridized carbons (Fsp3) is 0.500. The van der Waals surface area contributed by atoms with Gasteiger partial charge in [0, 0.05) is 24.7 Å². The molecule has 1 amide bonds. The molecule has 14 heavy (non-hydrogen) atoms. The number of hydrogen-bond acceptors (Lipinski definition) is 3. The predicted molar refractivity (Wildman–Crippen MR) is 55.0 cm³/mol. The molecule has 1 unspecified atom stereocenters. The molecule has 0 spiro atoms. The molecule has 4 nitrogen and oxygen atoms in total. The van der Waals surface area contributed by atoms with Crippen LogP contribution in [0, 0.1) is 0 Å². The first-order valence-corrected chi connectivity index (χ1v) is 4.64. The van der Waals surface area contributed by atoms with Crippen molar-refractivity contribution in [2.45, 2.75) is 6.04 Å². The van der Waals surface area contributed by atoms with E-state index in [1.165, 1.54) is 6.08 Å². The fourth-order valence-electron chi connectivity index (χ4n) is 1.17. The highest BCUT2D eigenvalue weighted by Crippen LogP contribution is 1.93. The van der Waals surface area contributed by atoms with Gasteiger partial charge in [0.1, 0.15) is 0 Å². The number of nitrogens with one attached hydrogen (secondary N) is 2. The van der Waals surface area contributed by atoms with E-state index in [1.807, 2.05) is 0 Å². The molecule has 1 fully saturated rings. The molecular formula is C10H16N2O2. The number of morpholine rings is 1. The van der Waals surface area contributed by atoms with E-state index in [2.05, 4.69) is 23.8 Å². The average molecular weight is 196 g/mol. The van der Waals surface area contributed by atoms with Crippen molar-refractivity contribution in [3.8, 4) is 0 Å². The topological polar surface area (TPSA) is 50.4 Å². The first kappa shape index (κ1) is 10.9. The second-order valence-electron chi connectivity index (χ2n) is 3.17. The van der Waals surface area contributed by atoms with Crippen LogP contribution in [-0.2, 0) is 9.53 Å². The van der Waals surface area contributed by atoms with Crippen molar-refractivity contribution in [1.82, 2.24) is 10.6 Å². The van der Waals surface area contributed by atoms with E-state index in [0.29, 0.717) is 18.7 Å². The lowest BCUT2D eigenvalue weighted by atomic mass is 10.2. The van der Waals surface area contributed by atoms with Crippen molar-refractivity contribution >= 4 is 5.91 Å². The minimum atomic E-state index is -0.174. The maximum absolute atomic E-state index is 11.3. The molecule has 1 atom stereocenters. The van der Waals surface area contributed by atoms with E-state index in [1.54, 1.807) is 0 Å². The van der Waals surface area contributed by atoms with Gasteiger partial charge in [-0.1, -0.05) is 19.2 Å². The zero-order chi connectivity index (χ0) is 10.4. The molecular weight excluding hydrogens is 180 g/mol. The lowest BCUT2D eigenvalue weighted by molar-refractivity contribution is -0.117. The summed E-state index contributed by atoms with van der Waals surface area (Å²) in [5, 5.41) is 5.99. The molecule has 0 radical (unpaired) electrons. The molecule has 0 aromatic rings. The predicted octanol–water partition coefficient (Wildman–Crippen LogP) is -0.167. The van der Waals surface area contributed by atoms with Gasteiger partial charge in [0.15, 0.2) is 0 Å². The molecule has 1 aliphatic rings. The van der Waals surface area contributed by atoms with Gasteiger partial charge in [0.2, 0.25) is 0 Å². The molecule has 4 heteroatoms. The molecule has 0 aromatic heterocycles. The molecule has 1 aliphatic heterocycles. The molecule has 1 rings (SSSR count). The van der Waals surface area contributed by atoms with Crippen molar-refractivity contribution < 1.29 is 9.53 Å². The first-order chi connectivity index (χ1) is 6.74. The summed E-state index contributed by atoms with van der Waals surface area (Å²) < 4.78 is 5.24. The van der Waals surface area contributed by atoms with Gasteiger partial charge >= 0.3 is 0 Å². The van der Waals surface area contributed by atoms with Crippen LogP contribution in [0.25, 0.3) is 0 Å². The van der Waals surface area contributed by atoms with Crippen LogP contribution in [-0.4, -0.2) is 38.3 Å². The van der Waals surface area contributed by atoms with Crippen LogP contribution in [0.1, 0.15) is 0 Å². The van der Waals surface area contributed by atoms with E-state index >= 15 is 0 Å². The van der Waals surface area contributed by atoms with Crippen LogP contribution >= 0.6 is 0 Å². The van der Waals surface area contributed by atoms with E-state index in [4.69, 9.17) is 4.74 Å². The number of ether oxygens (including phenoxy) is 1. The highest BCUT2D eigenvalue weighted by atomic mass is 16.5. The second-order valence-corrected chi connectivity index (χ2v) is 3.17. The Balaban J connectivity index is 2.21. The Morgan fingerprint density at radius 2 is 2.50 bits per heavy atom. The maximum Gasteiger partial charge on any atom is 0.250 e. The van der Waals surface area contributed by atoms with Crippen LogP contribution < -0.4 is 10.6 Å². The average Bonchev–Trinajstić information content (AvgIpc) is 2.26. The summed E-state index contributed by atoms with van der Waals surface area (Å²) >= 11 is 0. The fourth-order valence-corrected chi connectivity index (χ4v) is 1.17. The molecule has 0 bridgehead atoms. The summed E-state index contributed by atoms with van der Waals surface area (Å²) in [5.41, 5.74) is 0.390. The van der Waals surface area contributed by atoms with E-state index < -0.39 is 0 Å². The quantitative estimate of drug-likeness (QED) is 0.485. The van der Waals surface area contributed by atoms with Gasteiger partial charge in [-0.2, -0.15) is 0 Å². The van der Waals surface area contributed by atoms with Gasteiger partial charge in [-0.05, 0) is 0 Å². The summed E-state index contributed by atoms with van der Waals surface area (Å²) in [6.45, 7) is 9.81. The summed E-state index contributed by atoms with van der Waals surface area (Å²) in [4.78, 5) is 11.3. The maximum atomic E-state index is 11.3. The molecule has 1 saturated heterocycles. The van der Waals surface area contributed by atoms with Gasteiger partial charge in [-0.3, -0.25) is 4.79 Å². The number of carbonyl (C=O) groups excluding carboxylic acids is 1. The van der Waals surface area contributed by atoms with E-state index in [9.17, 15) is 4.79 Å². The van der Waals surface area contributed by atoms with Crippen molar-refractivity contribution in [1.29, 1.82) is 0 Å². The number of hydrogen-bond donors (Lipinski definition) is 2. The van der Waals surface area contributed by atoms with Gasteiger partial charge in [-0.15, -0.1) is 0 Å². The van der Waals surface area contributed by atoms with Gasteiger partial charge in [-0.25, -0.2) is 0 Å². The standard InChI is InChI=1S/C10H16N2O2/c1-3-8(2)10(13)12-6-9-7-14-5-4-11-9/h3,9,11H,1-2,4-7H2,(H,12,13). The van der Waals surface area contributed by atoms with E-state index in [-0.39, 0.29) is 11.9 Å². The van der Waals surface area contributed by atoms with Crippen molar-refractivity contribution in [3.05, 3.63) is 24.8 Å². The summed E-state index contributed by atoms with van der Waals surface area (Å²) in [7, 11) is 0. The molecule has 0 saturated carbocycles. The SMILES string of the molecule is C=CC(=C)C(=O)NCC1COCCN1. The molecule has 78 valence electrons. The van der Waals surface area contributed by atoms with Crippen molar-refractivity contribution in [2.24, 2.45) is 0 Å². The summed E-state index contributed by atoms with van der Waals surface area (Å²) in [6.07, 6.45) is 1.44. The summed E-state index contributed by atoms with van der Waals surface area (Å²) in [6, 6.07) is 0.199. The zero-order valence-electron chi connectivity index (χ0n) is 8.21. The van der Waals surface area contributed by atoms with Crippen LogP contribution in [0.15, 0.2) is 24.8 Å². The number of carbonyl (C=O) groups is 1. The van der Waals surface area contributed by atoms with Crippen molar-refractivity contribution in [3.63, 3.8) is 0 Å². The van der Waals surface area contributed by atoms with Crippen LogP contribution in [0.5, 0.6) is 0 Å². The van der Waals surface area contributed by atoms with Crippen LogP contribution in [0.3, 0.4) is 0 Å². The normalized spacial score (nSPS) is 21.3. The number of rotatable bonds is 4. The van der Waals surface area contributed by atoms with Gasteiger partial charge in [0.05, 0.1) is 13.2 Å². The lowest BCUT2D eigenvalue weighted by Crippen LogP contribution is -2.48. The second kappa shape index (κ2) is 5.57. The van der Waals surface area contributed by atoms with Gasteiger partial charge in [0.25, 0.3) is 5.91 Å². The minimum Gasteiger partial charge on any atom is -0.378 e. The van der Waals surface area contributed by atoms with Crippen molar-refractivity contribution in [2.75, 3.05) is 26.3 Å². The largest absolute Gasteiger partial charge is 0.378 e. The Morgan fingerprint density at radius 1 is 1.71 bits per heavy atom. The third-order valence-electron chi connectivity index (χ3n) is 2.05. The lowest BCUT2D eigenvalue weighted by Gasteiger charge is -2.23. The van der Waals surface area contributed by atoms with Gasteiger partial charge < -0.3 is 15.4 Å². The third-order valence-corrected chi connectivity index (χ3v) is 2.05. The Morgan fingerprint density at radius 3 is 3.07 bits per heavy atom. The molecule has 0 aromatic carbocycles. The highest BCUT2D eigenvalue weighted by molar-refractivity contribution is 5.95. The minimum absolute atomic E-state index is 0.174. The zero-order valence-corrected chi connectivity index (χ0v) is 8.21. The first-order valence-electron chi connectivity index (χ1n) is 4.64. The third kappa shape index (κ3) is 3.32. The highest BCUT2D eigenvalue weighted by Gasteiger charge is 2.13. The Bertz CT molecular complexity index is 232. The molecule has 0 aliphatic carbocycles. The summed E-state index contributed by atoms with van der Waals surface area (Å²) in [5.74, 6) is -0.174. The van der Waals surface area contributed by atoms with Crippen LogP contribution in [0.2, 0.25) is 0 Å². The van der Waals surface area contributed by atoms with E-state index in [0.717, 1.165) is 13.2 Å². The Labute approximate surface area is 84.0 Å². The monoisotopic (exact) mass is 196 g/mol. The smallest absolute Gasteiger partial charge is 0.250 e. The Kier molecular flexibility index (Phi) is 4.35. The molecule has 2 N–H and O–H groups in total. The molecule has 1 heterocycles. The Hall–Kier alpha value is -1.13. The number of amides is 1.